The summed E-state index contributed by atoms with van der Waals surface area (Å²) in [6.07, 6.45) is 4.10. The van der Waals surface area contributed by atoms with Crippen molar-refractivity contribution >= 4 is 11.5 Å². The van der Waals surface area contributed by atoms with Crippen molar-refractivity contribution in [3.8, 4) is 5.69 Å². The lowest BCUT2D eigenvalue weighted by molar-refractivity contribution is -0.384. The lowest BCUT2D eigenvalue weighted by atomic mass is 10.1. The van der Waals surface area contributed by atoms with Crippen LogP contribution in [0.2, 0.25) is 0 Å². The van der Waals surface area contributed by atoms with Crippen molar-refractivity contribution < 1.29 is 9.72 Å². The number of ketones is 1. The van der Waals surface area contributed by atoms with E-state index in [-0.39, 0.29) is 11.5 Å². The molecule has 0 amide bonds. The van der Waals surface area contributed by atoms with Crippen LogP contribution in [-0.2, 0) is 6.42 Å². The molecule has 6 heteroatoms. The van der Waals surface area contributed by atoms with Crippen LogP contribution >= 0.6 is 0 Å². The molecule has 1 aromatic carbocycles. The van der Waals surface area contributed by atoms with E-state index in [1.165, 1.54) is 19.1 Å². The number of aromatic nitrogens is 2. The maximum absolute atomic E-state index is 11.7. The second-order valence-corrected chi connectivity index (χ2v) is 4.08. The third-order valence-electron chi connectivity index (χ3n) is 2.86. The number of nitrogens with zero attached hydrogens (tertiary/aromatic N) is 3. The lowest BCUT2D eigenvalue weighted by Gasteiger charge is -2.10. The molecular formula is C13H13N3O3. The van der Waals surface area contributed by atoms with Crippen LogP contribution in [0, 0.1) is 10.1 Å². The number of nitro benzene ring substituents is 1. The number of carbonyl (C=O) groups excluding carboxylic acids is 1. The number of hydrogen-bond donors (Lipinski definition) is 0. The Morgan fingerprint density at radius 2 is 2.21 bits per heavy atom. The van der Waals surface area contributed by atoms with Gasteiger partial charge in [-0.05, 0) is 13.0 Å². The summed E-state index contributed by atoms with van der Waals surface area (Å²) in [5.41, 5.74) is 0.849. The molecule has 0 fully saturated rings. The largest absolute Gasteiger partial charge is 0.303 e. The summed E-state index contributed by atoms with van der Waals surface area (Å²) in [4.78, 5) is 26.1. The van der Waals surface area contributed by atoms with E-state index >= 15 is 0 Å². The third kappa shape index (κ3) is 2.37. The molecule has 0 atom stereocenters. The van der Waals surface area contributed by atoms with Crippen LogP contribution in [0.3, 0.4) is 0 Å². The van der Waals surface area contributed by atoms with Crippen LogP contribution in [0.25, 0.3) is 5.69 Å². The predicted molar refractivity (Wildman–Crippen MR) is 69.6 cm³/mol. The SMILES string of the molecule is CCc1nccn1-c1ccc([N+](=O)[O-])cc1C(C)=O. The van der Waals surface area contributed by atoms with Gasteiger partial charge in [0.05, 0.1) is 10.6 Å². The van der Waals surface area contributed by atoms with Gasteiger partial charge in [-0.1, -0.05) is 6.92 Å². The van der Waals surface area contributed by atoms with Gasteiger partial charge in [0.25, 0.3) is 5.69 Å². The first-order chi connectivity index (χ1) is 9.04. The van der Waals surface area contributed by atoms with Crippen LogP contribution in [0.1, 0.15) is 30.0 Å². The standard InChI is InChI=1S/C13H13N3O3/c1-3-13-14-6-7-15(13)12-5-4-10(16(18)19)8-11(12)9(2)17/h4-8H,3H2,1-2H3. The molecule has 2 rings (SSSR count). The first-order valence-corrected chi connectivity index (χ1v) is 5.86. The zero-order valence-electron chi connectivity index (χ0n) is 10.7. The Balaban J connectivity index is 2.63. The summed E-state index contributed by atoms with van der Waals surface area (Å²) < 4.78 is 1.78. The Hall–Kier alpha value is -2.50. The highest BCUT2D eigenvalue weighted by Gasteiger charge is 2.16. The fraction of sp³-hybridized carbons (Fsp3) is 0.231. The van der Waals surface area contributed by atoms with Crippen LogP contribution in [0.15, 0.2) is 30.6 Å². The lowest BCUT2D eigenvalue weighted by Crippen LogP contribution is -2.06. The molecule has 0 aliphatic carbocycles. The Labute approximate surface area is 109 Å². The molecule has 0 bridgehead atoms. The number of aryl methyl sites for hydroxylation is 1. The summed E-state index contributed by atoms with van der Waals surface area (Å²) in [6.45, 7) is 3.35. The Bertz CT molecular complexity index is 646. The minimum atomic E-state index is -0.509. The van der Waals surface area contributed by atoms with E-state index in [1.807, 2.05) is 6.92 Å². The number of nitro groups is 1. The molecule has 0 unspecified atom stereocenters. The van der Waals surface area contributed by atoms with E-state index in [0.717, 1.165) is 5.82 Å². The number of hydrogen-bond acceptors (Lipinski definition) is 4. The van der Waals surface area contributed by atoms with Crippen molar-refractivity contribution in [2.24, 2.45) is 0 Å². The highest BCUT2D eigenvalue weighted by molar-refractivity contribution is 5.98. The van der Waals surface area contributed by atoms with Gasteiger partial charge in [-0.15, -0.1) is 0 Å². The number of carbonyl (C=O) groups is 1. The van der Waals surface area contributed by atoms with Crippen molar-refractivity contribution in [1.82, 2.24) is 9.55 Å². The molecule has 6 nitrogen and oxygen atoms in total. The normalized spacial score (nSPS) is 10.4. The molecular weight excluding hydrogens is 246 g/mol. The quantitative estimate of drug-likeness (QED) is 0.480. The monoisotopic (exact) mass is 259 g/mol. The van der Waals surface area contributed by atoms with Gasteiger partial charge < -0.3 is 4.57 Å². The van der Waals surface area contributed by atoms with Gasteiger partial charge in [0.2, 0.25) is 0 Å². The summed E-state index contributed by atoms with van der Waals surface area (Å²) in [5, 5.41) is 10.8. The average Bonchev–Trinajstić information content (AvgIpc) is 2.85. The summed E-state index contributed by atoms with van der Waals surface area (Å²) >= 11 is 0. The maximum Gasteiger partial charge on any atom is 0.270 e. The molecule has 98 valence electrons. The Morgan fingerprint density at radius 3 is 2.79 bits per heavy atom. The van der Waals surface area contributed by atoms with E-state index in [1.54, 1.807) is 23.0 Å². The van der Waals surface area contributed by atoms with Crippen molar-refractivity contribution in [2.45, 2.75) is 20.3 Å². The van der Waals surface area contributed by atoms with Gasteiger partial charge in [-0.25, -0.2) is 4.98 Å². The summed E-state index contributed by atoms with van der Waals surface area (Å²) in [6, 6.07) is 4.27. The van der Waals surface area contributed by atoms with Gasteiger partial charge in [0.15, 0.2) is 5.78 Å². The summed E-state index contributed by atoms with van der Waals surface area (Å²) in [7, 11) is 0. The first kappa shape index (κ1) is 12.9. The Morgan fingerprint density at radius 1 is 1.47 bits per heavy atom. The maximum atomic E-state index is 11.7. The smallest absolute Gasteiger partial charge is 0.270 e. The predicted octanol–water partition coefficient (Wildman–Crippen LogP) is 2.55. The van der Waals surface area contributed by atoms with Crippen molar-refractivity contribution in [2.75, 3.05) is 0 Å². The number of non-ortho nitro benzene ring substituents is 1. The number of rotatable bonds is 4. The van der Waals surface area contributed by atoms with E-state index in [2.05, 4.69) is 4.98 Å². The number of benzene rings is 1. The van der Waals surface area contributed by atoms with E-state index in [0.29, 0.717) is 17.7 Å². The molecule has 0 saturated carbocycles. The van der Waals surface area contributed by atoms with Crippen molar-refractivity contribution in [3.05, 3.63) is 52.1 Å². The summed E-state index contributed by atoms with van der Waals surface area (Å²) in [5.74, 6) is 0.589. The molecule has 0 spiro atoms. The van der Waals surface area contributed by atoms with Gasteiger partial charge in [-0.2, -0.15) is 0 Å². The molecule has 1 heterocycles. The zero-order valence-corrected chi connectivity index (χ0v) is 10.7. The zero-order chi connectivity index (χ0) is 14.0. The molecule has 19 heavy (non-hydrogen) atoms. The molecule has 0 saturated heterocycles. The molecule has 0 aliphatic rings. The second kappa shape index (κ2) is 5.01. The Kier molecular flexibility index (Phi) is 3.41. The van der Waals surface area contributed by atoms with Crippen LogP contribution in [0.5, 0.6) is 0 Å². The highest BCUT2D eigenvalue weighted by Crippen LogP contribution is 2.23. The van der Waals surface area contributed by atoms with Gasteiger partial charge in [0, 0.05) is 36.5 Å². The van der Waals surface area contributed by atoms with Gasteiger partial charge in [-0.3, -0.25) is 14.9 Å². The molecule has 0 aliphatic heterocycles. The minimum absolute atomic E-state index is 0.0906. The van der Waals surface area contributed by atoms with Crippen LogP contribution in [-0.4, -0.2) is 20.3 Å². The topological polar surface area (TPSA) is 78.0 Å². The van der Waals surface area contributed by atoms with Crippen LogP contribution in [0.4, 0.5) is 5.69 Å². The van der Waals surface area contributed by atoms with Crippen LogP contribution < -0.4 is 0 Å². The minimum Gasteiger partial charge on any atom is -0.303 e. The molecule has 1 aromatic heterocycles. The van der Waals surface area contributed by atoms with E-state index in [9.17, 15) is 14.9 Å². The van der Waals surface area contributed by atoms with Gasteiger partial charge >= 0.3 is 0 Å². The second-order valence-electron chi connectivity index (χ2n) is 4.08. The molecule has 2 aromatic rings. The van der Waals surface area contributed by atoms with Gasteiger partial charge in [0.1, 0.15) is 5.82 Å². The number of Topliss-reactive ketones (excluding diaryl/α,β-unsaturated/α-hetero) is 1. The highest BCUT2D eigenvalue weighted by atomic mass is 16.6. The van der Waals surface area contributed by atoms with Crippen molar-refractivity contribution in [1.29, 1.82) is 0 Å². The average molecular weight is 259 g/mol. The molecule has 0 N–H and O–H groups in total. The number of imidazole rings is 1. The fourth-order valence-corrected chi connectivity index (χ4v) is 1.94. The molecule has 0 radical (unpaired) electrons. The fourth-order valence-electron chi connectivity index (χ4n) is 1.94. The van der Waals surface area contributed by atoms with E-state index < -0.39 is 4.92 Å². The van der Waals surface area contributed by atoms with E-state index in [4.69, 9.17) is 0 Å². The third-order valence-corrected chi connectivity index (χ3v) is 2.86. The first-order valence-electron chi connectivity index (χ1n) is 5.86. The van der Waals surface area contributed by atoms with Crippen molar-refractivity contribution in [3.63, 3.8) is 0 Å².